The van der Waals surface area contributed by atoms with Crippen molar-refractivity contribution in [2.45, 2.75) is 13.3 Å². The van der Waals surface area contributed by atoms with Crippen LogP contribution < -0.4 is 0 Å². The van der Waals surface area contributed by atoms with E-state index in [9.17, 15) is 4.39 Å². The van der Waals surface area contributed by atoms with Crippen molar-refractivity contribution in [3.63, 3.8) is 0 Å². The first-order chi connectivity index (χ1) is 6.24. The summed E-state index contributed by atoms with van der Waals surface area (Å²) in [5.41, 5.74) is 1.32. The van der Waals surface area contributed by atoms with E-state index in [4.69, 9.17) is 5.26 Å². The quantitative estimate of drug-likeness (QED) is 0.552. The van der Waals surface area contributed by atoms with Crippen LogP contribution in [0.3, 0.4) is 0 Å². The smallest absolute Gasteiger partial charge is 0.138 e. The van der Waals surface area contributed by atoms with Gasteiger partial charge in [-0.05, 0) is 24.6 Å². The van der Waals surface area contributed by atoms with Gasteiger partial charge in [-0.1, -0.05) is 17.9 Å². The standard InChI is InChI=1S/C11H8FN/c1-9-5-6-11(12)10(8-9)4-2-3-7-13/h5-6,8H,3H2,1H3. The summed E-state index contributed by atoms with van der Waals surface area (Å²) >= 11 is 0. The van der Waals surface area contributed by atoms with E-state index < -0.39 is 0 Å². The van der Waals surface area contributed by atoms with Crippen molar-refractivity contribution in [3.8, 4) is 17.9 Å². The molecule has 1 aromatic rings. The zero-order chi connectivity index (χ0) is 9.68. The van der Waals surface area contributed by atoms with Gasteiger partial charge in [0.05, 0.1) is 18.1 Å². The van der Waals surface area contributed by atoms with E-state index in [0.717, 1.165) is 5.56 Å². The zero-order valence-corrected chi connectivity index (χ0v) is 7.26. The fourth-order valence-electron chi connectivity index (χ4n) is 0.914. The molecule has 0 aromatic heterocycles. The number of benzene rings is 1. The van der Waals surface area contributed by atoms with Crippen LogP contribution in [0.4, 0.5) is 4.39 Å². The highest BCUT2D eigenvalue weighted by Gasteiger charge is 1.97. The Balaban J connectivity index is 2.97. The van der Waals surface area contributed by atoms with Crippen molar-refractivity contribution in [1.29, 1.82) is 5.26 Å². The van der Waals surface area contributed by atoms with Crippen molar-refractivity contribution >= 4 is 0 Å². The maximum atomic E-state index is 13.0. The number of nitriles is 1. The molecule has 0 radical (unpaired) electrons. The normalized spacial score (nSPS) is 8.38. The SMILES string of the molecule is Cc1ccc(F)c(C#CCC#N)c1. The molecule has 0 spiro atoms. The van der Waals surface area contributed by atoms with Crippen LogP contribution in [0.25, 0.3) is 0 Å². The van der Waals surface area contributed by atoms with Crippen LogP contribution in [0, 0.1) is 35.9 Å². The molecule has 0 heterocycles. The lowest BCUT2D eigenvalue weighted by Gasteiger charge is -1.95. The first-order valence-electron chi connectivity index (χ1n) is 3.86. The van der Waals surface area contributed by atoms with E-state index in [2.05, 4.69) is 11.8 Å². The maximum absolute atomic E-state index is 13.0. The molecule has 0 N–H and O–H groups in total. The lowest BCUT2D eigenvalue weighted by atomic mass is 10.1. The highest BCUT2D eigenvalue weighted by molar-refractivity contribution is 5.38. The summed E-state index contributed by atoms with van der Waals surface area (Å²) in [4.78, 5) is 0. The number of hydrogen-bond acceptors (Lipinski definition) is 1. The van der Waals surface area contributed by atoms with E-state index in [0.29, 0.717) is 5.56 Å². The molecule has 13 heavy (non-hydrogen) atoms. The van der Waals surface area contributed by atoms with Gasteiger partial charge >= 0.3 is 0 Å². The van der Waals surface area contributed by atoms with Crippen LogP contribution in [0.2, 0.25) is 0 Å². The molecule has 0 saturated heterocycles. The summed E-state index contributed by atoms with van der Waals surface area (Å²) in [6.45, 7) is 1.87. The average molecular weight is 173 g/mol. The molecule has 0 aliphatic heterocycles. The van der Waals surface area contributed by atoms with Gasteiger partial charge in [-0.2, -0.15) is 5.26 Å². The Morgan fingerprint density at radius 3 is 2.92 bits per heavy atom. The minimum absolute atomic E-state index is 0.132. The van der Waals surface area contributed by atoms with Crippen molar-refractivity contribution in [1.82, 2.24) is 0 Å². The molecular weight excluding hydrogens is 165 g/mol. The molecule has 2 heteroatoms. The zero-order valence-electron chi connectivity index (χ0n) is 7.26. The Kier molecular flexibility index (Phi) is 3.06. The second-order valence-electron chi connectivity index (χ2n) is 2.62. The van der Waals surface area contributed by atoms with Gasteiger partial charge in [-0.3, -0.25) is 0 Å². The maximum Gasteiger partial charge on any atom is 0.138 e. The Morgan fingerprint density at radius 2 is 2.23 bits per heavy atom. The van der Waals surface area contributed by atoms with Crippen LogP contribution >= 0.6 is 0 Å². The summed E-state index contributed by atoms with van der Waals surface area (Å²) < 4.78 is 13.0. The summed E-state index contributed by atoms with van der Waals surface area (Å²) in [6.07, 6.45) is 0.132. The highest BCUT2D eigenvalue weighted by Crippen LogP contribution is 2.08. The van der Waals surface area contributed by atoms with E-state index in [1.165, 1.54) is 6.07 Å². The number of aryl methyl sites for hydroxylation is 1. The Labute approximate surface area is 76.8 Å². The van der Waals surface area contributed by atoms with Crippen LogP contribution in [0.1, 0.15) is 17.5 Å². The van der Waals surface area contributed by atoms with Gasteiger partial charge in [-0.25, -0.2) is 4.39 Å². The van der Waals surface area contributed by atoms with E-state index in [1.807, 2.05) is 13.0 Å². The van der Waals surface area contributed by atoms with Crippen molar-refractivity contribution < 1.29 is 4.39 Å². The Bertz CT molecular complexity index is 404. The molecule has 0 aliphatic rings. The fourth-order valence-corrected chi connectivity index (χ4v) is 0.914. The van der Waals surface area contributed by atoms with E-state index >= 15 is 0 Å². The average Bonchev–Trinajstić information content (AvgIpc) is 2.11. The van der Waals surface area contributed by atoms with Gasteiger partial charge in [0.2, 0.25) is 0 Å². The van der Waals surface area contributed by atoms with Gasteiger partial charge in [-0.15, -0.1) is 0 Å². The van der Waals surface area contributed by atoms with Crippen LogP contribution in [-0.2, 0) is 0 Å². The first kappa shape index (κ1) is 9.29. The minimum Gasteiger partial charge on any atom is -0.206 e. The minimum atomic E-state index is -0.337. The number of nitrogens with zero attached hydrogens (tertiary/aromatic N) is 1. The number of halogens is 1. The van der Waals surface area contributed by atoms with Crippen LogP contribution in [-0.4, -0.2) is 0 Å². The third-order valence-electron chi connectivity index (χ3n) is 1.51. The first-order valence-corrected chi connectivity index (χ1v) is 3.86. The molecule has 0 unspecified atom stereocenters. The molecular formula is C11H8FN. The van der Waals surface area contributed by atoms with Gasteiger partial charge in [0.25, 0.3) is 0 Å². The summed E-state index contributed by atoms with van der Waals surface area (Å²) in [5, 5.41) is 8.22. The molecule has 1 nitrogen and oxygen atoms in total. The Hall–Kier alpha value is -1.80. The molecule has 1 aromatic carbocycles. The monoisotopic (exact) mass is 173 g/mol. The molecule has 0 bridgehead atoms. The molecule has 0 amide bonds. The van der Waals surface area contributed by atoms with Gasteiger partial charge in [0, 0.05) is 0 Å². The van der Waals surface area contributed by atoms with Gasteiger partial charge in [0.15, 0.2) is 0 Å². The molecule has 0 aliphatic carbocycles. The van der Waals surface area contributed by atoms with E-state index in [1.54, 1.807) is 12.1 Å². The molecule has 0 atom stereocenters. The molecule has 1 rings (SSSR count). The van der Waals surface area contributed by atoms with Crippen molar-refractivity contribution in [3.05, 3.63) is 35.1 Å². The lowest BCUT2D eigenvalue weighted by molar-refractivity contribution is 0.624. The third-order valence-corrected chi connectivity index (χ3v) is 1.51. The van der Waals surface area contributed by atoms with Crippen LogP contribution in [0.15, 0.2) is 18.2 Å². The molecule has 64 valence electrons. The highest BCUT2D eigenvalue weighted by atomic mass is 19.1. The van der Waals surface area contributed by atoms with E-state index in [-0.39, 0.29) is 12.2 Å². The van der Waals surface area contributed by atoms with Crippen LogP contribution in [0.5, 0.6) is 0 Å². The predicted molar refractivity (Wildman–Crippen MR) is 48.2 cm³/mol. The lowest BCUT2D eigenvalue weighted by Crippen LogP contribution is -1.84. The Morgan fingerprint density at radius 1 is 1.46 bits per heavy atom. The summed E-state index contributed by atoms with van der Waals surface area (Å²) in [5.74, 6) is 4.84. The predicted octanol–water partition coefficient (Wildman–Crippen LogP) is 2.40. The molecule has 0 fully saturated rings. The second kappa shape index (κ2) is 4.28. The fraction of sp³-hybridized carbons (Fsp3) is 0.182. The largest absolute Gasteiger partial charge is 0.206 e. The summed E-state index contributed by atoms with van der Waals surface area (Å²) in [6, 6.07) is 6.61. The van der Waals surface area contributed by atoms with Gasteiger partial charge < -0.3 is 0 Å². The molecule has 0 saturated carbocycles. The van der Waals surface area contributed by atoms with Gasteiger partial charge in [0.1, 0.15) is 5.82 Å². The topological polar surface area (TPSA) is 23.8 Å². The van der Waals surface area contributed by atoms with Crippen molar-refractivity contribution in [2.24, 2.45) is 0 Å². The third kappa shape index (κ3) is 2.61. The second-order valence-corrected chi connectivity index (χ2v) is 2.62. The number of hydrogen-bond donors (Lipinski definition) is 0. The number of rotatable bonds is 0. The van der Waals surface area contributed by atoms with Crippen molar-refractivity contribution in [2.75, 3.05) is 0 Å². The summed E-state index contributed by atoms with van der Waals surface area (Å²) in [7, 11) is 0.